The quantitative estimate of drug-likeness (QED) is 0.512. The van der Waals surface area contributed by atoms with Gasteiger partial charge in [-0.15, -0.1) is 0 Å². The van der Waals surface area contributed by atoms with Gasteiger partial charge in [-0.25, -0.2) is 9.50 Å². The van der Waals surface area contributed by atoms with Gasteiger partial charge in [0.15, 0.2) is 0 Å². The van der Waals surface area contributed by atoms with E-state index in [0.717, 1.165) is 31.3 Å². The second-order valence-corrected chi connectivity index (χ2v) is 6.51. The third-order valence-electron chi connectivity index (χ3n) is 3.20. The SMILES string of the molecule is Brc1ccc(-c2nn3cc(-c4ccccc4)nc3s2)cc1. The largest absolute Gasteiger partial charge is 0.217 e. The third-order valence-corrected chi connectivity index (χ3v) is 4.70. The summed E-state index contributed by atoms with van der Waals surface area (Å²) < 4.78 is 2.92. The fourth-order valence-corrected chi connectivity index (χ4v) is 3.31. The molecule has 0 aliphatic heterocycles. The Hall–Kier alpha value is -1.98. The highest BCUT2D eigenvalue weighted by molar-refractivity contribution is 9.10. The van der Waals surface area contributed by atoms with E-state index in [4.69, 9.17) is 0 Å². The van der Waals surface area contributed by atoms with Crippen LogP contribution in [0.5, 0.6) is 0 Å². The molecule has 0 unspecified atom stereocenters. The summed E-state index contributed by atoms with van der Waals surface area (Å²) in [4.78, 5) is 5.57. The van der Waals surface area contributed by atoms with Crippen LogP contribution in [0.1, 0.15) is 0 Å². The number of benzene rings is 2. The Kier molecular flexibility index (Phi) is 3.09. The molecule has 2 heterocycles. The second kappa shape index (κ2) is 5.09. The molecule has 0 atom stereocenters. The van der Waals surface area contributed by atoms with Crippen LogP contribution in [0.15, 0.2) is 65.3 Å². The van der Waals surface area contributed by atoms with Crippen LogP contribution in [0.25, 0.3) is 26.8 Å². The van der Waals surface area contributed by atoms with Gasteiger partial charge in [-0.3, -0.25) is 0 Å². The van der Waals surface area contributed by atoms with Crippen molar-refractivity contribution in [3.63, 3.8) is 0 Å². The molecule has 0 amide bonds. The average Bonchev–Trinajstić information content (AvgIpc) is 3.07. The Bertz CT molecular complexity index is 863. The van der Waals surface area contributed by atoms with Crippen molar-refractivity contribution in [2.45, 2.75) is 0 Å². The predicted molar refractivity (Wildman–Crippen MR) is 89.4 cm³/mol. The van der Waals surface area contributed by atoms with Crippen molar-refractivity contribution in [3.05, 3.63) is 65.3 Å². The summed E-state index contributed by atoms with van der Waals surface area (Å²) >= 11 is 5.04. The van der Waals surface area contributed by atoms with E-state index in [1.54, 1.807) is 11.3 Å². The van der Waals surface area contributed by atoms with E-state index in [-0.39, 0.29) is 0 Å². The van der Waals surface area contributed by atoms with Crippen molar-refractivity contribution in [1.29, 1.82) is 0 Å². The number of nitrogens with zero attached hydrogens (tertiary/aromatic N) is 3. The highest BCUT2D eigenvalue weighted by Crippen LogP contribution is 2.28. The Balaban J connectivity index is 1.75. The van der Waals surface area contributed by atoms with Gasteiger partial charge >= 0.3 is 0 Å². The first-order valence-electron chi connectivity index (χ1n) is 6.47. The molecule has 0 N–H and O–H groups in total. The van der Waals surface area contributed by atoms with Crippen LogP contribution in [0.4, 0.5) is 0 Å². The van der Waals surface area contributed by atoms with Crippen molar-refractivity contribution in [2.75, 3.05) is 0 Å². The molecular formula is C16H10BrN3S. The zero-order valence-electron chi connectivity index (χ0n) is 10.9. The number of hydrogen-bond donors (Lipinski definition) is 0. The molecule has 0 radical (unpaired) electrons. The maximum absolute atomic E-state index is 4.66. The minimum atomic E-state index is 0.909. The van der Waals surface area contributed by atoms with Gasteiger partial charge in [-0.05, 0) is 12.1 Å². The van der Waals surface area contributed by atoms with Gasteiger partial charge in [0.25, 0.3) is 0 Å². The molecular weight excluding hydrogens is 346 g/mol. The van der Waals surface area contributed by atoms with Gasteiger partial charge in [-0.2, -0.15) is 5.10 Å². The molecule has 3 nitrogen and oxygen atoms in total. The number of aromatic nitrogens is 3. The van der Waals surface area contributed by atoms with Crippen LogP contribution in [0, 0.1) is 0 Å². The zero-order chi connectivity index (χ0) is 14.2. The molecule has 0 saturated carbocycles. The molecule has 0 spiro atoms. The molecule has 21 heavy (non-hydrogen) atoms. The Morgan fingerprint density at radius 1 is 0.905 bits per heavy atom. The van der Waals surface area contributed by atoms with Gasteiger partial charge in [0.2, 0.25) is 4.96 Å². The van der Waals surface area contributed by atoms with E-state index in [9.17, 15) is 0 Å². The molecule has 0 aliphatic carbocycles. The van der Waals surface area contributed by atoms with Crippen LogP contribution >= 0.6 is 27.3 Å². The summed E-state index contributed by atoms with van der Waals surface area (Å²) in [5, 5.41) is 5.59. The molecule has 0 fully saturated rings. The first-order valence-corrected chi connectivity index (χ1v) is 8.08. The highest BCUT2D eigenvalue weighted by Gasteiger charge is 2.10. The standard InChI is InChI=1S/C16H10BrN3S/c17-13-8-6-12(7-9-13)15-19-20-10-14(18-16(20)21-15)11-4-2-1-3-5-11/h1-10H. The first-order chi connectivity index (χ1) is 10.3. The number of fused-ring (bicyclic) bond motifs is 1. The van der Waals surface area contributed by atoms with Crippen LogP contribution in [-0.4, -0.2) is 14.6 Å². The Morgan fingerprint density at radius 2 is 1.67 bits per heavy atom. The monoisotopic (exact) mass is 355 g/mol. The number of imidazole rings is 1. The maximum Gasteiger partial charge on any atom is 0.213 e. The summed E-state index contributed by atoms with van der Waals surface area (Å²) in [5.74, 6) is 0. The van der Waals surface area contributed by atoms with Crippen LogP contribution in [0.3, 0.4) is 0 Å². The fourth-order valence-electron chi connectivity index (χ4n) is 2.16. The molecule has 2 aromatic carbocycles. The molecule has 0 bridgehead atoms. The van der Waals surface area contributed by atoms with Crippen LogP contribution < -0.4 is 0 Å². The summed E-state index contributed by atoms with van der Waals surface area (Å²) in [6.07, 6.45) is 1.98. The number of rotatable bonds is 2. The van der Waals surface area contributed by atoms with Crippen molar-refractivity contribution < 1.29 is 0 Å². The lowest BCUT2D eigenvalue weighted by molar-refractivity contribution is 0.978. The predicted octanol–water partition coefficient (Wildman–Crippen LogP) is 4.89. The lowest BCUT2D eigenvalue weighted by atomic mass is 10.2. The minimum absolute atomic E-state index is 0.909. The second-order valence-electron chi connectivity index (χ2n) is 4.63. The van der Waals surface area contributed by atoms with Crippen LogP contribution in [-0.2, 0) is 0 Å². The van der Waals surface area contributed by atoms with E-state index in [1.807, 2.05) is 41.0 Å². The van der Waals surface area contributed by atoms with Gasteiger partial charge in [0, 0.05) is 15.6 Å². The molecule has 0 aliphatic rings. The summed E-state index contributed by atoms with van der Waals surface area (Å²) in [6.45, 7) is 0. The molecule has 5 heteroatoms. The highest BCUT2D eigenvalue weighted by atomic mass is 79.9. The van der Waals surface area contributed by atoms with Crippen molar-refractivity contribution >= 4 is 32.2 Å². The molecule has 2 aromatic heterocycles. The van der Waals surface area contributed by atoms with E-state index in [1.165, 1.54) is 0 Å². The van der Waals surface area contributed by atoms with Gasteiger partial charge in [0.1, 0.15) is 5.01 Å². The summed E-state index contributed by atoms with van der Waals surface area (Å²) in [6, 6.07) is 18.3. The van der Waals surface area contributed by atoms with E-state index < -0.39 is 0 Å². The minimum Gasteiger partial charge on any atom is -0.217 e. The van der Waals surface area contributed by atoms with Crippen LogP contribution in [0.2, 0.25) is 0 Å². The zero-order valence-corrected chi connectivity index (χ0v) is 13.3. The van der Waals surface area contributed by atoms with E-state index in [0.29, 0.717) is 0 Å². The molecule has 4 aromatic rings. The summed E-state index contributed by atoms with van der Waals surface area (Å²) in [5.41, 5.74) is 3.17. The first kappa shape index (κ1) is 12.7. The summed E-state index contributed by atoms with van der Waals surface area (Å²) in [7, 11) is 0. The average molecular weight is 356 g/mol. The topological polar surface area (TPSA) is 30.2 Å². The fraction of sp³-hybridized carbons (Fsp3) is 0. The lowest BCUT2D eigenvalue weighted by Crippen LogP contribution is -1.82. The molecule has 4 rings (SSSR count). The van der Waals surface area contributed by atoms with Crippen molar-refractivity contribution in [2.24, 2.45) is 0 Å². The Labute approximate surface area is 134 Å². The maximum atomic E-state index is 4.66. The van der Waals surface area contributed by atoms with Crippen molar-refractivity contribution in [1.82, 2.24) is 14.6 Å². The van der Waals surface area contributed by atoms with Gasteiger partial charge in [-0.1, -0.05) is 69.7 Å². The van der Waals surface area contributed by atoms with Gasteiger partial charge in [0.05, 0.1) is 11.9 Å². The Morgan fingerprint density at radius 3 is 2.38 bits per heavy atom. The molecule has 0 saturated heterocycles. The molecule has 102 valence electrons. The number of hydrogen-bond acceptors (Lipinski definition) is 3. The number of halogens is 1. The smallest absolute Gasteiger partial charge is 0.213 e. The van der Waals surface area contributed by atoms with E-state index >= 15 is 0 Å². The third kappa shape index (κ3) is 2.39. The van der Waals surface area contributed by atoms with Gasteiger partial charge < -0.3 is 0 Å². The normalized spacial score (nSPS) is 11.1. The lowest BCUT2D eigenvalue weighted by Gasteiger charge is -1.95. The van der Waals surface area contributed by atoms with E-state index in [2.05, 4.69) is 50.3 Å². The van der Waals surface area contributed by atoms with Crippen molar-refractivity contribution in [3.8, 4) is 21.8 Å².